The predicted molar refractivity (Wildman–Crippen MR) is 87.6 cm³/mol. The SMILES string of the molecule is Cc1nnc2n1-c1ccccc1C=NN2CC1CCCCC1. The van der Waals surface area contributed by atoms with Crippen molar-refractivity contribution in [2.24, 2.45) is 11.0 Å². The van der Waals surface area contributed by atoms with E-state index in [1.165, 1.54) is 32.1 Å². The molecule has 0 saturated heterocycles. The van der Waals surface area contributed by atoms with Crippen LogP contribution in [-0.4, -0.2) is 27.5 Å². The molecule has 0 unspecified atom stereocenters. The van der Waals surface area contributed by atoms with Crippen molar-refractivity contribution >= 4 is 12.2 Å². The van der Waals surface area contributed by atoms with Crippen molar-refractivity contribution < 1.29 is 0 Å². The van der Waals surface area contributed by atoms with Crippen LogP contribution in [0.25, 0.3) is 5.69 Å². The van der Waals surface area contributed by atoms with E-state index in [9.17, 15) is 0 Å². The lowest BCUT2D eigenvalue weighted by Crippen LogP contribution is -2.27. The minimum Gasteiger partial charge on any atom is -0.263 e. The molecule has 1 aromatic heterocycles. The van der Waals surface area contributed by atoms with Gasteiger partial charge in [0.15, 0.2) is 0 Å². The summed E-state index contributed by atoms with van der Waals surface area (Å²) in [6.07, 6.45) is 8.60. The van der Waals surface area contributed by atoms with Crippen molar-refractivity contribution in [3.05, 3.63) is 35.7 Å². The van der Waals surface area contributed by atoms with Crippen molar-refractivity contribution in [3.8, 4) is 5.69 Å². The zero-order valence-electron chi connectivity index (χ0n) is 12.9. The van der Waals surface area contributed by atoms with Gasteiger partial charge in [-0.1, -0.05) is 37.5 Å². The molecule has 1 aromatic carbocycles. The largest absolute Gasteiger partial charge is 0.263 e. The molecular weight excluding hydrogens is 274 g/mol. The van der Waals surface area contributed by atoms with E-state index in [0.29, 0.717) is 5.92 Å². The van der Waals surface area contributed by atoms with Gasteiger partial charge in [-0.15, -0.1) is 10.2 Å². The number of fused-ring (bicyclic) bond motifs is 3. The summed E-state index contributed by atoms with van der Waals surface area (Å²) in [5.41, 5.74) is 2.22. The molecule has 2 aliphatic rings. The van der Waals surface area contributed by atoms with Gasteiger partial charge in [0.25, 0.3) is 5.95 Å². The van der Waals surface area contributed by atoms with Gasteiger partial charge in [0.1, 0.15) is 5.82 Å². The van der Waals surface area contributed by atoms with Gasteiger partial charge in [0, 0.05) is 12.1 Å². The third-order valence-electron chi connectivity index (χ3n) is 4.71. The van der Waals surface area contributed by atoms with Crippen LogP contribution in [-0.2, 0) is 0 Å². The molecule has 2 heterocycles. The summed E-state index contributed by atoms with van der Waals surface area (Å²) in [4.78, 5) is 0. The Labute approximate surface area is 130 Å². The van der Waals surface area contributed by atoms with Crippen LogP contribution in [0.1, 0.15) is 43.5 Å². The van der Waals surface area contributed by atoms with Crippen LogP contribution in [0.2, 0.25) is 0 Å². The lowest BCUT2D eigenvalue weighted by Gasteiger charge is -2.26. The molecule has 22 heavy (non-hydrogen) atoms. The van der Waals surface area contributed by atoms with Crippen molar-refractivity contribution in [2.75, 3.05) is 11.6 Å². The monoisotopic (exact) mass is 295 g/mol. The number of aromatic nitrogens is 3. The summed E-state index contributed by atoms with van der Waals surface area (Å²) in [5.74, 6) is 2.45. The first kappa shape index (κ1) is 13.5. The maximum absolute atomic E-state index is 4.70. The Morgan fingerprint density at radius 2 is 1.91 bits per heavy atom. The molecule has 1 saturated carbocycles. The fraction of sp³-hybridized carbons (Fsp3) is 0.471. The molecule has 0 radical (unpaired) electrons. The Morgan fingerprint density at radius 1 is 1.09 bits per heavy atom. The molecule has 0 N–H and O–H groups in total. The molecule has 1 fully saturated rings. The van der Waals surface area contributed by atoms with E-state index in [2.05, 4.69) is 26.9 Å². The summed E-state index contributed by atoms with van der Waals surface area (Å²) in [6, 6.07) is 8.28. The molecule has 0 amide bonds. The molecule has 0 bridgehead atoms. The second-order valence-electron chi connectivity index (χ2n) is 6.27. The number of hydrogen-bond acceptors (Lipinski definition) is 4. The van der Waals surface area contributed by atoms with Gasteiger partial charge in [0.2, 0.25) is 0 Å². The highest BCUT2D eigenvalue weighted by Gasteiger charge is 2.24. The first-order valence-electron chi connectivity index (χ1n) is 8.16. The average molecular weight is 295 g/mol. The van der Waals surface area contributed by atoms with E-state index in [1.54, 1.807) is 0 Å². The molecule has 5 heteroatoms. The third kappa shape index (κ3) is 2.30. The Bertz CT molecular complexity index is 697. The molecular formula is C17H21N5. The maximum Gasteiger partial charge on any atom is 0.252 e. The van der Waals surface area contributed by atoms with E-state index in [4.69, 9.17) is 5.10 Å². The number of hydrazone groups is 1. The van der Waals surface area contributed by atoms with Crippen molar-refractivity contribution in [1.29, 1.82) is 0 Å². The third-order valence-corrected chi connectivity index (χ3v) is 4.71. The van der Waals surface area contributed by atoms with Gasteiger partial charge in [0.05, 0.1) is 11.9 Å². The summed E-state index contributed by atoms with van der Waals surface area (Å²) in [7, 11) is 0. The maximum atomic E-state index is 4.70. The highest BCUT2D eigenvalue weighted by Crippen LogP contribution is 2.29. The summed E-state index contributed by atoms with van der Waals surface area (Å²) in [5, 5.41) is 15.4. The van der Waals surface area contributed by atoms with Crippen molar-refractivity contribution in [2.45, 2.75) is 39.0 Å². The lowest BCUT2D eigenvalue weighted by atomic mass is 9.89. The Morgan fingerprint density at radius 3 is 2.77 bits per heavy atom. The van der Waals surface area contributed by atoms with E-state index in [-0.39, 0.29) is 0 Å². The van der Waals surface area contributed by atoms with Gasteiger partial charge in [-0.3, -0.25) is 4.57 Å². The first-order chi connectivity index (χ1) is 10.8. The summed E-state index contributed by atoms with van der Waals surface area (Å²) < 4.78 is 2.12. The molecule has 5 nitrogen and oxygen atoms in total. The molecule has 2 aromatic rings. The highest BCUT2D eigenvalue weighted by molar-refractivity contribution is 5.86. The number of hydrogen-bond donors (Lipinski definition) is 0. The Kier molecular flexibility index (Phi) is 3.41. The molecule has 1 aliphatic carbocycles. The van der Waals surface area contributed by atoms with E-state index >= 15 is 0 Å². The van der Waals surface area contributed by atoms with Crippen molar-refractivity contribution in [3.63, 3.8) is 0 Å². The van der Waals surface area contributed by atoms with Gasteiger partial charge in [-0.2, -0.15) is 5.10 Å². The number of aryl methyl sites for hydroxylation is 1. The topological polar surface area (TPSA) is 46.3 Å². The normalized spacial score (nSPS) is 18.0. The summed E-state index contributed by atoms with van der Waals surface area (Å²) in [6.45, 7) is 2.93. The number of rotatable bonds is 2. The zero-order chi connectivity index (χ0) is 14.9. The molecule has 114 valence electrons. The van der Waals surface area contributed by atoms with Gasteiger partial charge in [-0.25, -0.2) is 5.01 Å². The standard InChI is InChI=1S/C17H21N5/c1-13-19-20-17-21(12-14-7-3-2-4-8-14)18-11-15-9-5-6-10-16(15)22(13)17/h5-6,9-11,14H,2-4,7-8,12H2,1H3. The molecule has 4 rings (SSSR count). The fourth-order valence-electron chi connectivity index (χ4n) is 3.53. The molecule has 0 atom stereocenters. The van der Waals surface area contributed by atoms with Crippen LogP contribution in [0.15, 0.2) is 29.4 Å². The van der Waals surface area contributed by atoms with Gasteiger partial charge < -0.3 is 0 Å². The second-order valence-corrected chi connectivity index (χ2v) is 6.27. The van der Waals surface area contributed by atoms with Crippen LogP contribution in [0.3, 0.4) is 0 Å². The van der Waals surface area contributed by atoms with Crippen LogP contribution in [0.4, 0.5) is 5.95 Å². The quantitative estimate of drug-likeness (QED) is 0.854. The average Bonchev–Trinajstić information content (AvgIpc) is 2.86. The molecule has 0 spiro atoms. The number of benzene rings is 1. The zero-order valence-corrected chi connectivity index (χ0v) is 12.9. The van der Waals surface area contributed by atoms with E-state index in [0.717, 1.165) is 29.6 Å². The number of nitrogens with zero attached hydrogens (tertiary/aromatic N) is 5. The second kappa shape index (κ2) is 5.55. The van der Waals surface area contributed by atoms with Gasteiger partial charge in [-0.05, 0) is 31.7 Å². The van der Waals surface area contributed by atoms with E-state index < -0.39 is 0 Å². The van der Waals surface area contributed by atoms with Crippen LogP contribution in [0.5, 0.6) is 0 Å². The Hall–Kier alpha value is -2.17. The highest BCUT2D eigenvalue weighted by atomic mass is 15.6. The minimum absolute atomic E-state index is 0.706. The summed E-state index contributed by atoms with van der Waals surface area (Å²) >= 11 is 0. The van der Waals surface area contributed by atoms with Crippen LogP contribution < -0.4 is 5.01 Å². The lowest BCUT2D eigenvalue weighted by molar-refractivity contribution is 0.358. The molecule has 1 aliphatic heterocycles. The minimum atomic E-state index is 0.706. The fourth-order valence-corrected chi connectivity index (χ4v) is 3.53. The van der Waals surface area contributed by atoms with Crippen LogP contribution >= 0.6 is 0 Å². The van der Waals surface area contributed by atoms with Crippen LogP contribution in [0, 0.1) is 12.8 Å². The number of anilines is 1. The first-order valence-corrected chi connectivity index (χ1v) is 8.16. The van der Waals surface area contributed by atoms with Gasteiger partial charge >= 0.3 is 0 Å². The Balaban J connectivity index is 1.72. The smallest absolute Gasteiger partial charge is 0.252 e. The number of para-hydroxylation sites is 1. The van der Waals surface area contributed by atoms with E-state index in [1.807, 2.05) is 30.3 Å². The van der Waals surface area contributed by atoms with Crippen molar-refractivity contribution in [1.82, 2.24) is 14.8 Å². The predicted octanol–water partition coefficient (Wildman–Crippen LogP) is 3.31.